The molecule has 0 amide bonds. The summed E-state index contributed by atoms with van der Waals surface area (Å²) in [6.07, 6.45) is 6.25. The van der Waals surface area contributed by atoms with Crippen LogP contribution in [0.3, 0.4) is 0 Å². The van der Waals surface area contributed by atoms with E-state index in [4.69, 9.17) is 10.5 Å². The number of nitrogens with two attached hydrogens (primary N) is 1. The van der Waals surface area contributed by atoms with Gasteiger partial charge in [-0.05, 0) is 32.1 Å². The lowest BCUT2D eigenvalue weighted by atomic mass is 9.98. The van der Waals surface area contributed by atoms with E-state index < -0.39 is 5.97 Å². The van der Waals surface area contributed by atoms with Crippen molar-refractivity contribution in [3.63, 3.8) is 0 Å². The van der Waals surface area contributed by atoms with Crippen molar-refractivity contribution in [2.75, 3.05) is 5.73 Å². The molecule has 1 aromatic heterocycles. The molecule has 100 valence electrons. The number of hydrogen-bond donors (Lipinski definition) is 1. The lowest BCUT2D eigenvalue weighted by Crippen LogP contribution is -2.21. The van der Waals surface area contributed by atoms with Gasteiger partial charge in [-0.2, -0.15) is 0 Å². The van der Waals surface area contributed by atoms with E-state index in [1.807, 2.05) is 6.92 Å². The molecule has 0 unspecified atom stereocenters. The van der Waals surface area contributed by atoms with Gasteiger partial charge in [-0.25, -0.2) is 9.48 Å². The first-order chi connectivity index (χ1) is 8.72. The van der Waals surface area contributed by atoms with Gasteiger partial charge in [0, 0.05) is 6.54 Å². The highest BCUT2D eigenvalue weighted by atomic mass is 16.5. The number of rotatable bonds is 4. The van der Waals surface area contributed by atoms with Crippen molar-refractivity contribution in [3.05, 3.63) is 5.69 Å². The van der Waals surface area contributed by atoms with E-state index in [0.29, 0.717) is 12.4 Å². The molecule has 1 fully saturated rings. The summed E-state index contributed by atoms with van der Waals surface area (Å²) >= 11 is 0. The molecule has 0 spiro atoms. The molecule has 0 bridgehead atoms. The summed E-state index contributed by atoms with van der Waals surface area (Å²) in [5, 5.41) is 7.67. The molecule has 2 N–H and O–H groups in total. The minimum Gasteiger partial charge on any atom is -0.458 e. The minimum atomic E-state index is -0.443. The fraction of sp³-hybridized carbons (Fsp3) is 0.750. The maximum Gasteiger partial charge on any atom is 0.363 e. The Balaban J connectivity index is 1.99. The largest absolute Gasteiger partial charge is 0.458 e. The SMILES string of the molecule is CCCn1nnc(C(=O)OC2CCCCC2)c1N. The molecular weight excluding hydrogens is 232 g/mol. The fourth-order valence-electron chi connectivity index (χ4n) is 2.23. The molecule has 1 aromatic rings. The maximum absolute atomic E-state index is 11.9. The van der Waals surface area contributed by atoms with Crippen LogP contribution in [0.4, 0.5) is 5.82 Å². The molecule has 18 heavy (non-hydrogen) atoms. The molecule has 6 nitrogen and oxygen atoms in total. The van der Waals surface area contributed by atoms with Crippen LogP contribution >= 0.6 is 0 Å². The topological polar surface area (TPSA) is 83.0 Å². The highest BCUT2D eigenvalue weighted by Crippen LogP contribution is 2.22. The van der Waals surface area contributed by atoms with E-state index in [1.54, 1.807) is 0 Å². The third-order valence-electron chi connectivity index (χ3n) is 3.23. The van der Waals surface area contributed by atoms with E-state index in [9.17, 15) is 4.79 Å². The first-order valence-corrected chi connectivity index (χ1v) is 6.62. The molecule has 1 aliphatic rings. The van der Waals surface area contributed by atoms with Gasteiger partial charge < -0.3 is 10.5 Å². The molecule has 2 rings (SSSR count). The second kappa shape index (κ2) is 5.84. The molecule has 1 aliphatic carbocycles. The van der Waals surface area contributed by atoms with E-state index >= 15 is 0 Å². The Morgan fingerprint density at radius 3 is 2.83 bits per heavy atom. The van der Waals surface area contributed by atoms with Crippen LogP contribution in [-0.4, -0.2) is 27.1 Å². The summed E-state index contributed by atoms with van der Waals surface area (Å²) in [7, 11) is 0. The number of hydrogen-bond acceptors (Lipinski definition) is 5. The number of nitrogen functional groups attached to an aromatic ring is 1. The number of ether oxygens (including phenoxy) is 1. The molecule has 1 heterocycles. The average Bonchev–Trinajstić information content (AvgIpc) is 2.73. The van der Waals surface area contributed by atoms with Gasteiger partial charge in [-0.3, -0.25) is 0 Å². The summed E-state index contributed by atoms with van der Waals surface area (Å²) in [6, 6.07) is 0. The van der Waals surface area contributed by atoms with Crippen molar-refractivity contribution >= 4 is 11.8 Å². The maximum atomic E-state index is 11.9. The van der Waals surface area contributed by atoms with E-state index in [-0.39, 0.29) is 11.8 Å². The van der Waals surface area contributed by atoms with Gasteiger partial charge in [-0.1, -0.05) is 18.6 Å². The normalized spacial score (nSPS) is 16.7. The zero-order valence-corrected chi connectivity index (χ0v) is 10.8. The van der Waals surface area contributed by atoms with Crippen molar-refractivity contribution in [1.82, 2.24) is 15.0 Å². The standard InChI is InChI=1S/C12H20N4O2/c1-2-8-16-11(13)10(14-15-16)12(17)18-9-6-4-3-5-7-9/h9H,2-8,13H2,1H3. The lowest BCUT2D eigenvalue weighted by molar-refractivity contribution is 0.0205. The summed E-state index contributed by atoms with van der Waals surface area (Å²) < 4.78 is 6.95. The fourth-order valence-corrected chi connectivity index (χ4v) is 2.23. The number of anilines is 1. The number of nitrogens with zero attached hydrogens (tertiary/aromatic N) is 3. The molecule has 1 saturated carbocycles. The Hall–Kier alpha value is -1.59. The number of carbonyl (C=O) groups excluding carboxylic acids is 1. The van der Waals surface area contributed by atoms with Crippen LogP contribution < -0.4 is 5.73 Å². The van der Waals surface area contributed by atoms with Crippen molar-refractivity contribution in [2.45, 2.75) is 58.1 Å². The van der Waals surface area contributed by atoms with Crippen molar-refractivity contribution in [3.8, 4) is 0 Å². The quantitative estimate of drug-likeness (QED) is 0.825. The predicted octanol–water partition coefficient (Wildman–Crippen LogP) is 1.76. The van der Waals surface area contributed by atoms with Gasteiger partial charge in [0.2, 0.25) is 5.69 Å². The van der Waals surface area contributed by atoms with Crippen LogP contribution in [0.15, 0.2) is 0 Å². The third-order valence-corrected chi connectivity index (χ3v) is 3.23. The molecule has 0 saturated heterocycles. The summed E-state index contributed by atoms with van der Waals surface area (Å²) in [5.41, 5.74) is 5.98. The van der Waals surface area contributed by atoms with Gasteiger partial charge >= 0.3 is 5.97 Å². The number of aryl methyl sites for hydroxylation is 1. The van der Waals surface area contributed by atoms with Crippen LogP contribution in [-0.2, 0) is 11.3 Å². The van der Waals surface area contributed by atoms with Gasteiger partial charge in [0.25, 0.3) is 0 Å². The van der Waals surface area contributed by atoms with Crippen LogP contribution in [0.5, 0.6) is 0 Å². The predicted molar refractivity (Wildman–Crippen MR) is 67.0 cm³/mol. The summed E-state index contributed by atoms with van der Waals surface area (Å²) in [4.78, 5) is 11.9. The highest BCUT2D eigenvalue weighted by molar-refractivity contribution is 5.91. The molecule has 0 radical (unpaired) electrons. The second-order valence-corrected chi connectivity index (χ2v) is 4.71. The van der Waals surface area contributed by atoms with Crippen LogP contribution in [0.1, 0.15) is 55.9 Å². The van der Waals surface area contributed by atoms with Gasteiger partial charge in [0.1, 0.15) is 6.10 Å². The van der Waals surface area contributed by atoms with Crippen molar-refractivity contribution in [2.24, 2.45) is 0 Å². The smallest absolute Gasteiger partial charge is 0.363 e. The monoisotopic (exact) mass is 252 g/mol. The van der Waals surface area contributed by atoms with E-state index in [1.165, 1.54) is 11.1 Å². The highest BCUT2D eigenvalue weighted by Gasteiger charge is 2.23. The Bertz CT molecular complexity index is 410. The Kier molecular flexibility index (Phi) is 4.17. The van der Waals surface area contributed by atoms with Crippen molar-refractivity contribution in [1.29, 1.82) is 0 Å². The molecule has 6 heteroatoms. The first-order valence-electron chi connectivity index (χ1n) is 6.62. The second-order valence-electron chi connectivity index (χ2n) is 4.71. The average molecular weight is 252 g/mol. The van der Waals surface area contributed by atoms with Crippen LogP contribution in [0.2, 0.25) is 0 Å². The minimum absolute atomic E-state index is 0.0157. The van der Waals surface area contributed by atoms with Gasteiger partial charge in [0.15, 0.2) is 5.82 Å². The van der Waals surface area contributed by atoms with E-state index in [2.05, 4.69) is 10.3 Å². The molecule has 0 aliphatic heterocycles. The van der Waals surface area contributed by atoms with Gasteiger partial charge in [0.05, 0.1) is 0 Å². The number of carbonyl (C=O) groups is 1. The zero-order chi connectivity index (χ0) is 13.0. The molecule has 0 atom stereocenters. The first kappa shape index (κ1) is 12.9. The molecule has 0 aromatic carbocycles. The van der Waals surface area contributed by atoms with Crippen LogP contribution in [0, 0.1) is 0 Å². The Labute approximate surface area is 106 Å². The summed E-state index contributed by atoms with van der Waals surface area (Å²) in [6.45, 7) is 2.68. The van der Waals surface area contributed by atoms with Crippen molar-refractivity contribution < 1.29 is 9.53 Å². The Morgan fingerprint density at radius 2 is 2.17 bits per heavy atom. The van der Waals surface area contributed by atoms with Gasteiger partial charge in [-0.15, -0.1) is 5.10 Å². The van der Waals surface area contributed by atoms with Crippen LogP contribution in [0.25, 0.3) is 0 Å². The zero-order valence-electron chi connectivity index (χ0n) is 10.8. The number of aromatic nitrogens is 3. The van der Waals surface area contributed by atoms with E-state index in [0.717, 1.165) is 32.1 Å². The number of esters is 1. The third kappa shape index (κ3) is 2.80. The summed E-state index contributed by atoms with van der Waals surface area (Å²) in [5.74, 6) is -0.139. The Morgan fingerprint density at radius 1 is 1.44 bits per heavy atom. The lowest BCUT2D eigenvalue weighted by Gasteiger charge is -2.21. The molecular formula is C12H20N4O2.